The Morgan fingerprint density at radius 3 is 0.782 bits per heavy atom. The van der Waals surface area contributed by atoms with Gasteiger partial charge in [-0.3, -0.25) is 37.3 Å². The molecule has 2 unspecified atom stereocenters. The standard InChI is InChI=1S/C91H144O17P2/c1-5-9-13-17-21-25-29-33-36-39-42-45-48-52-56-60-64-68-72-76-89(94)102-82-87(108-91(96)78-74-70-66-62-58-54-50-47-44-41-38-35-31-27-23-19-15-11-7-3)84-106-110(99,100)104-80-85(92)79-103-109(97,98)105-83-86(81-101-88(93)75-71-67-63-59-55-51-32-28-24-20-16-12-8-4)107-90(95)77-73-69-65-61-57-53-49-46-43-40-37-34-30-26-22-18-14-10-6-2/h10-11,14-15,21-23,25-27,33-38,42-47,52-54,56-58,64-66,68-70,85-87,92H,5-9,12-13,16-20,24,28-32,39-41,48-51,55,59-63,67,71-84H2,1-4H3,(H,97,98)(H,99,100)/b14-10-,15-11-,25-21-,26-22-,27-23-,36-33-,37-34-,38-35-,45-42-,46-43-,47-44-,56-52-,57-53-,58-54-,68-64-,69-65-,70-66-/t85-,86+,87+/m0/s1. The number of hydrogen-bond donors (Lipinski definition) is 3. The van der Waals surface area contributed by atoms with Gasteiger partial charge in [-0.2, -0.15) is 0 Å². The highest BCUT2D eigenvalue weighted by Gasteiger charge is 2.30. The summed E-state index contributed by atoms with van der Waals surface area (Å²) < 4.78 is 68.4. The minimum atomic E-state index is -5.03. The molecule has 0 aromatic heterocycles. The molecule has 3 N–H and O–H groups in total. The van der Waals surface area contributed by atoms with Crippen LogP contribution in [0.15, 0.2) is 207 Å². The van der Waals surface area contributed by atoms with Crippen LogP contribution in [-0.4, -0.2) is 96.7 Å². The van der Waals surface area contributed by atoms with Crippen molar-refractivity contribution in [1.29, 1.82) is 0 Å². The van der Waals surface area contributed by atoms with E-state index >= 15 is 0 Å². The van der Waals surface area contributed by atoms with Crippen LogP contribution in [0.3, 0.4) is 0 Å². The molecule has 0 aromatic rings. The third-order valence-corrected chi connectivity index (χ3v) is 18.2. The van der Waals surface area contributed by atoms with Gasteiger partial charge in [-0.15, -0.1) is 0 Å². The van der Waals surface area contributed by atoms with Crippen LogP contribution >= 0.6 is 15.6 Å². The van der Waals surface area contributed by atoms with Crippen LogP contribution in [0.2, 0.25) is 0 Å². The van der Waals surface area contributed by atoms with Gasteiger partial charge in [0.15, 0.2) is 12.2 Å². The second kappa shape index (κ2) is 80.7. The van der Waals surface area contributed by atoms with Crippen molar-refractivity contribution in [1.82, 2.24) is 0 Å². The van der Waals surface area contributed by atoms with E-state index in [0.717, 1.165) is 116 Å². The van der Waals surface area contributed by atoms with E-state index in [4.69, 9.17) is 37.0 Å². The van der Waals surface area contributed by atoms with E-state index in [9.17, 15) is 43.2 Å². The van der Waals surface area contributed by atoms with E-state index in [1.807, 2.05) is 54.7 Å². The number of carbonyl (C=O) groups is 4. The van der Waals surface area contributed by atoms with Crippen LogP contribution in [0, 0.1) is 0 Å². The SMILES string of the molecule is CC/C=C\C/C=C\C/C=C\C/C=C\C/C=C\C/C=C\CCC(=O)O[C@H](COC(=O)CC/C=C\C/C=C\C/C=C\C/C=C\C/C=C\CCCCC)COP(=O)(O)OC[C@@H](O)COP(=O)(O)OC[C@@H](COC(=O)CCCCCCCCCCCCCCC)OC(=O)CC/C=C\C/C=C\C/C=C\C/C=C\C/C=C\C/C=C\CC. The topological polar surface area (TPSA) is 237 Å². The second-order valence-corrected chi connectivity index (χ2v) is 29.5. The van der Waals surface area contributed by atoms with Crippen LogP contribution in [0.5, 0.6) is 0 Å². The molecule has 0 amide bonds. The third-order valence-electron chi connectivity index (χ3n) is 16.3. The van der Waals surface area contributed by atoms with Gasteiger partial charge in [0.2, 0.25) is 0 Å². The predicted octanol–water partition coefficient (Wildman–Crippen LogP) is 24.7. The molecule has 0 saturated carbocycles. The number of phosphoric ester groups is 2. The van der Waals surface area contributed by atoms with E-state index in [-0.39, 0.29) is 25.7 Å². The summed E-state index contributed by atoms with van der Waals surface area (Å²) in [5, 5.41) is 10.7. The molecule has 0 aromatic carbocycles. The number of phosphoric acid groups is 2. The number of hydrogen-bond acceptors (Lipinski definition) is 15. The molecule has 19 heteroatoms. The monoisotopic (exact) mass is 1570 g/mol. The minimum Gasteiger partial charge on any atom is -0.462 e. The van der Waals surface area contributed by atoms with E-state index in [2.05, 4.69) is 180 Å². The molecule has 110 heavy (non-hydrogen) atoms. The Hall–Kier alpha value is -6.36. The largest absolute Gasteiger partial charge is 0.472 e. The van der Waals surface area contributed by atoms with Crippen LogP contribution in [0.25, 0.3) is 0 Å². The Morgan fingerprint density at radius 2 is 0.491 bits per heavy atom. The molecule has 0 aliphatic carbocycles. The Labute approximate surface area is 665 Å². The van der Waals surface area contributed by atoms with E-state index in [1.165, 1.54) is 70.6 Å². The van der Waals surface area contributed by atoms with Crippen molar-refractivity contribution >= 4 is 39.5 Å². The van der Waals surface area contributed by atoms with E-state index < -0.39 is 97.5 Å². The summed E-state index contributed by atoms with van der Waals surface area (Å²) in [5.74, 6) is -2.49. The zero-order chi connectivity index (χ0) is 80.3. The van der Waals surface area contributed by atoms with Gasteiger partial charge >= 0.3 is 39.5 Å². The van der Waals surface area contributed by atoms with Gasteiger partial charge in [0.25, 0.3) is 0 Å². The van der Waals surface area contributed by atoms with Crippen LogP contribution in [0.1, 0.15) is 285 Å². The number of carbonyl (C=O) groups excluding carboxylic acids is 4. The summed E-state index contributed by atoms with van der Waals surface area (Å²) in [5.41, 5.74) is 0. The molecule has 0 bridgehead atoms. The van der Waals surface area contributed by atoms with Gasteiger partial charge < -0.3 is 33.8 Å². The first-order valence-electron chi connectivity index (χ1n) is 41.3. The predicted molar refractivity (Wildman–Crippen MR) is 454 cm³/mol. The van der Waals surface area contributed by atoms with Crippen molar-refractivity contribution in [3.8, 4) is 0 Å². The van der Waals surface area contributed by atoms with Gasteiger partial charge in [-0.25, -0.2) is 9.13 Å². The number of aliphatic hydroxyl groups excluding tert-OH is 1. The first kappa shape index (κ1) is 104. The fourth-order valence-electron chi connectivity index (χ4n) is 10.1. The quantitative estimate of drug-likeness (QED) is 0.0169. The number of esters is 4. The third kappa shape index (κ3) is 79.7. The molecule has 0 aliphatic rings. The number of aliphatic hydroxyl groups is 1. The smallest absolute Gasteiger partial charge is 0.462 e. The molecule has 620 valence electrons. The molecule has 0 rings (SSSR count). The Bertz CT molecular complexity index is 2900. The lowest BCUT2D eigenvalue weighted by Crippen LogP contribution is -2.30. The lowest BCUT2D eigenvalue weighted by molar-refractivity contribution is -0.161. The van der Waals surface area contributed by atoms with Crippen molar-refractivity contribution in [2.45, 2.75) is 303 Å². The Morgan fingerprint density at radius 1 is 0.264 bits per heavy atom. The maximum absolute atomic E-state index is 13.1. The highest BCUT2D eigenvalue weighted by Crippen LogP contribution is 2.45. The molecule has 0 spiro atoms. The first-order valence-corrected chi connectivity index (χ1v) is 44.3. The lowest BCUT2D eigenvalue weighted by Gasteiger charge is -2.21. The number of rotatable bonds is 75. The second-order valence-electron chi connectivity index (χ2n) is 26.6. The van der Waals surface area contributed by atoms with E-state index in [0.29, 0.717) is 44.9 Å². The fraction of sp³-hybridized carbons (Fsp3) is 0.582. The van der Waals surface area contributed by atoms with Crippen molar-refractivity contribution < 1.29 is 80.2 Å². The summed E-state index contributed by atoms with van der Waals surface area (Å²) >= 11 is 0. The Kier molecular flexibility index (Phi) is 76.0. The number of allylic oxidation sites excluding steroid dienone is 34. The van der Waals surface area contributed by atoms with Gasteiger partial charge in [0, 0.05) is 25.7 Å². The maximum Gasteiger partial charge on any atom is 0.472 e. The molecular formula is C91H144O17P2. The average molecular weight is 1570 g/mol. The lowest BCUT2D eigenvalue weighted by atomic mass is 10.0. The van der Waals surface area contributed by atoms with Gasteiger partial charge in [0.1, 0.15) is 19.3 Å². The molecular weight excluding hydrogens is 1430 g/mol. The zero-order valence-electron chi connectivity index (χ0n) is 67.8. The first-order chi connectivity index (χ1) is 53.7. The van der Waals surface area contributed by atoms with Gasteiger partial charge in [-0.1, -0.05) is 324 Å². The van der Waals surface area contributed by atoms with Gasteiger partial charge in [0.05, 0.1) is 26.4 Å². The highest BCUT2D eigenvalue weighted by atomic mass is 31.2. The highest BCUT2D eigenvalue weighted by molar-refractivity contribution is 7.47. The maximum atomic E-state index is 13.1. The number of unbranched alkanes of at least 4 members (excludes halogenated alkanes) is 15. The summed E-state index contributed by atoms with van der Waals surface area (Å²) in [7, 11) is -10.1. The van der Waals surface area contributed by atoms with Crippen LogP contribution in [0.4, 0.5) is 0 Å². The van der Waals surface area contributed by atoms with E-state index in [1.54, 1.807) is 0 Å². The van der Waals surface area contributed by atoms with Crippen molar-refractivity contribution in [2.24, 2.45) is 0 Å². The molecule has 0 heterocycles. The zero-order valence-corrected chi connectivity index (χ0v) is 69.6. The summed E-state index contributed by atoms with van der Waals surface area (Å²) in [4.78, 5) is 73.0. The summed E-state index contributed by atoms with van der Waals surface area (Å²) in [6.07, 6.45) is 101. The summed E-state index contributed by atoms with van der Waals surface area (Å²) in [6.45, 7) is 4.34. The molecule has 0 saturated heterocycles. The van der Waals surface area contributed by atoms with Crippen molar-refractivity contribution in [3.05, 3.63) is 207 Å². The number of ether oxygens (including phenoxy) is 4. The van der Waals surface area contributed by atoms with Gasteiger partial charge in [-0.05, 0) is 141 Å². The molecule has 17 nitrogen and oxygen atoms in total. The Balaban J connectivity index is 5.60. The molecule has 0 radical (unpaired) electrons. The van der Waals surface area contributed by atoms with Crippen molar-refractivity contribution in [3.63, 3.8) is 0 Å². The molecule has 0 fully saturated rings. The fourth-order valence-corrected chi connectivity index (χ4v) is 11.7. The normalized spacial score (nSPS) is 14.9. The van der Waals surface area contributed by atoms with Crippen LogP contribution in [-0.2, 0) is 65.4 Å². The molecule has 5 atom stereocenters. The van der Waals surface area contributed by atoms with Crippen LogP contribution < -0.4 is 0 Å². The average Bonchev–Trinajstić information content (AvgIpc) is 0.905. The molecule has 0 aliphatic heterocycles. The van der Waals surface area contributed by atoms with Crippen molar-refractivity contribution in [2.75, 3.05) is 39.6 Å². The minimum absolute atomic E-state index is 0.0120. The summed E-state index contributed by atoms with van der Waals surface area (Å²) in [6, 6.07) is 0.